The van der Waals surface area contributed by atoms with Gasteiger partial charge in [0.05, 0.1) is 18.1 Å². The van der Waals surface area contributed by atoms with Crippen molar-refractivity contribution in [3.63, 3.8) is 0 Å². The van der Waals surface area contributed by atoms with Gasteiger partial charge in [-0.25, -0.2) is 4.79 Å². The first-order valence-corrected chi connectivity index (χ1v) is 8.70. The lowest BCUT2D eigenvalue weighted by Gasteiger charge is -2.07. The summed E-state index contributed by atoms with van der Waals surface area (Å²) in [7, 11) is 1.58. The fraction of sp³-hybridized carbons (Fsp3) is 0.0909. The Labute approximate surface area is 164 Å². The predicted molar refractivity (Wildman–Crippen MR) is 104 cm³/mol. The summed E-state index contributed by atoms with van der Waals surface area (Å²) >= 11 is 0. The van der Waals surface area contributed by atoms with Gasteiger partial charge < -0.3 is 23.4 Å². The largest absolute Gasteiger partial charge is 0.497 e. The number of benzene rings is 2. The molecule has 0 unspecified atom stereocenters. The summed E-state index contributed by atoms with van der Waals surface area (Å²) < 4.78 is 21.5. The lowest BCUT2D eigenvalue weighted by molar-refractivity contribution is 0.0658. The molecule has 2 heterocycles. The summed E-state index contributed by atoms with van der Waals surface area (Å²) in [6, 6.07) is 14.9. The topological polar surface area (TPSA) is 99.1 Å². The molecule has 0 amide bonds. The summed E-state index contributed by atoms with van der Waals surface area (Å²) in [6.45, 7) is 0.0486. The smallest absolute Gasteiger partial charge is 0.371 e. The monoisotopic (exact) mass is 392 g/mol. The van der Waals surface area contributed by atoms with Crippen molar-refractivity contribution in [3.8, 4) is 22.6 Å². The molecule has 0 saturated heterocycles. The van der Waals surface area contributed by atoms with Crippen LogP contribution in [0.25, 0.3) is 22.1 Å². The fourth-order valence-electron chi connectivity index (χ4n) is 2.89. The van der Waals surface area contributed by atoms with E-state index in [2.05, 4.69) is 0 Å². The molecule has 0 radical (unpaired) electrons. The highest BCUT2D eigenvalue weighted by Gasteiger charge is 2.12. The van der Waals surface area contributed by atoms with Gasteiger partial charge in [0, 0.05) is 6.07 Å². The second-order valence-electron chi connectivity index (χ2n) is 6.22. The van der Waals surface area contributed by atoms with Gasteiger partial charge in [-0.3, -0.25) is 4.79 Å². The van der Waals surface area contributed by atoms with Crippen LogP contribution >= 0.6 is 0 Å². The van der Waals surface area contributed by atoms with Gasteiger partial charge in [-0.2, -0.15) is 0 Å². The minimum absolute atomic E-state index is 0.0486. The molecule has 0 spiro atoms. The van der Waals surface area contributed by atoms with Crippen LogP contribution in [-0.4, -0.2) is 18.2 Å². The van der Waals surface area contributed by atoms with Crippen LogP contribution in [0.3, 0.4) is 0 Å². The maximum atomic E-state index is 12.8. The van der Waals surface area contributed by atoms with Crippen molar-refractivity contribution in [1.82, 2.24) is 0 Å². The van der Waals surface area contributed by atoms with Crippen molar-refractivity contribution >= 4 is 16.9 Å². The van der Waals surface area contributed by atoms with Gasteiger partial charge in [-0.05, 0) is 42.0 Å². The zero-order chi connectivity index (χ0) is 20.4. The molecule has 0 bridgehead atoms. The molecule has 0 saturated carbocycles. The predicted octanol–water partition coefficient (Wildman–Crippen LogP) is 4.34. The Morgan fingerprint density at radius 3 is 2.48 bits per heavy atom. The second-order valence-corrected chi connectivity index (χ2v) is 6.22. The number of furan rings is 1. The second kappa shape index (κ2) is 7.55. The van der Waals surface area contributed by atoms with E-state index in [4.69, 9.17) is 23.4 Å². The van der Waals surface area contributed by atoms with Crippen molar-refractivity contribution < 1.29 is 28.2 Å². The van der Waals surface area contributed by atoms with E-state index in [0.29, 0.717) is 33.8 Å². The van der Waals surface area contributed by atoms with Crippen LogP contribution in [0.1, 0.15) is 16.3 Å². The van der Waals surface area contributed by atoms with Gasteiger partial charge in [-0.15, -0.1) is 0 Å². The Bertz CT molecular complexity index is 1230. The van der Waals surface area contributed by atoms with Gasteiger partial charge in [-0.1, -0.05) is 12.1 Å². The zero-order valence-corrected chi connectivity index (χ0v) is 15.4. The summed E-state index contributed by atoms with van der Waals surface area (Å²) in [5.41, 5.74) is 1.41. The molecule has 4 rings (SSSR count). The molecule has 0 aliphatic heterocycles. The van der Waals surface area contributed by atoms with Crippen LogP contribution in [0.5, 0.6) is 11.5 Å². The van der Waals surface area contributed by atoms with E-state index in [1.54, 1.807) is 49.6 Å². The SMILES string of the molecule is COc1ccc(-c2coc3cc(OCc4ccc(C(=O)O)o4)ccc3c2=O)cc1. The maximum Gasteiger partial charge on any atom is 0.371 e. The number of hydrogen-bond donors (Lipinski definition) is 1. The van der Waals surface area contributed by atoms with Gasteiger partial charge in [0.25, 0.3) is 0 Å². The normalized spacial score (nSPS) is 10.8. The van der Waals surface area contributed by atoms with E-state index in [9.17, 15) is 9.59 Å². The molecule has 146 valence electrons. The number of fused-ring (bicyclic) bond motifs is 1. The molecule has 2 aromatic heterocycles. The first kappa shape index (κ1) is 18.4. The number of carboxylic acids is 1. The number of rotatable bonds is 6. The molecule has 2 aromatic carbocycles. The van der Waals surface area contributed by atoms with Gasteiger partial charge in [0.2, 0.25) is 5.76 Å². The average molecular weight is 392 g/mol. The van der Waals surface area contributed by atoms with Crippen molar-refractivity contribution in [3.05, 3.63) is 82.6 Å². The third-order valence-electron chi connectivity index (χ3n) is 4.40. The highest BCUT2D eigenvalue weighted by molar-refractivity contribution is 5.84. The molecule has 0 aliphatic rings. The van der Waals surface area contributed by atoms with Gasteiger partial charge in [0.1, 0.15) is 35.7 Å². The zero-order valence-electron chi connectivity index (χ0n) is 15.4. The third kappa shape index (κ3) is 3.70. The summed E-state index contributed by atoms with van der Waals surface area (Å²) in [4.78, 5) is 23.7. The minimum atomic E-state index is -1.14. The van der Waals surface area contributed by atoms with Crippen LogP contribution in [-0.2, 0) is 6.61 Å². The minimum Gasteiger partial charge on any atom is -0.497 e. The molecule has 7 nitrogen and oxygen atoms in total. The summed E-state index contributed by atoms with van der Waals surface area (Å²) in [5.74, 6) is 0.244. The Balaban J connectivity index is 1.58. The summed E-state index contributed by atoms with van der Waals surface area (Å²) in [6.07, 6.45) is 1.42. The van der Waals surface area contributed by atoms with E-state index in [-0.39, 0.29) is 17.8 Å². The lowest BCUT2D eigenvalue weighted by Crippen LogP contribution is -2.05. The molecule has 7 heteroatoms. The van der Waals surface area contributed by atoms with Crippen LogP contribution in [0.2, 0.25) is 0 Å². The standard InChI is InChI=1S/C22H16O7/c1-26-14-4-2-13(3-5-14)18-12-28-20-10-15(6-8-17(20)21(18)23)27-11-16-7-9-19(29-16)22(24)25/h2-10,12H,11H2,1H3,(H,24,25). The maximum absolute atomic E-state index is 12.8. The van der Waals surface area contributed by atoms with Crippen LogP contribution < -0.4 is 14.9 Å². The molecule has 4 aromatic rings. The fourth-order valence-corrected chi connectivity index (χ4v) is 2.89. The Hall–Kier alpha value is -4.00. The van der Waals surface area contributed by atoms with Crippen LogP contribution in [0, 0.1) is 0 Å². The molecule has 0 aliphatic carbocycles. The first-order chi connectivity index (χ1) is 14.0. The van der Waals surface area contributed by atoms with E-state index in [0.717, 1.165) is 5.56 Å². The molecule has 0 atom stereocenters. The highest BCUT2D eigenvalue weighted by Crippen LogP contribution is 2.25. The van der Waals surface area contributed by atoms with Crippen molar-refractivity contribution in [2.75, 3.05) is 7.11 Å². The van der Waals surface area contributed by atoms with E-state index in [1.165, 1.54) is 18.4 Å². The lowest BCUT2D eigenvalue weighted by atomic mass is 10.1. The third-order valence-corrected chi connectivity index (χ3v) is 4.40. The number of hydrogen-bond acceptors (Lipinski definition) is 6. The number of carboxylic acid groups (broad SMARTS) is 1. The number of methoxy groups -OCH3 is 1. The number of aromatic carboxylic acids is 1. The Morgan fingerprint density at radius 2 is 1.79 bits per heavy atom. The Kier molecular flexibility index (Phi) is 4.78. The van der Waals surface area contributed by atoms with E-state index >= 15 is 0 Å². The molecular formula is C22H16O7. The van der Waals surface area contributed by atoms with Crippen molar-refractivity contribution in [2.45, 2.75) is 6.61 Å². The first-order valence-electron chi connectivity index (χ1n) is 8.70. The Morgan fingerprint density at radius 1 is 1.03 bits per heavy atom. The van der Waals surface area contributed by atoms with Gasteiger partial charge in [0.15, 0.2) is 5.43 Å². The molecule has 0 fully saturated rings. The van der Waals surface area contributed by atoms with Crippen molar-refractivity contribution in [1.29, 1.82) is 0 Å². The summed E-state index contributed by atoms with van der Waals surface area (Å²) in [5, 5.41) is 9.30. The average Bonchev–Trinajstić information content (AvgIpc) is 3.22. The number of carbonyl (C=O) groups is 1. The molecule has 1 N–H and O–H groups in total. The van der Waals surface area contributed by atoms with Crippen molar-refractivity contribution in [2.24, 2.45) is 0 Å². The van der Waals surface area contributed by atoms with E-state index < -0.39 is 5.97 Å². The van der Waals surface area contributed by atoms with E-state index in [1.807, 2.05) is 0 Å². The number of ether oxygens (including phenoxy) is 2. The molecule has 29 heavy (non-hydrogen) atoms. The highest BCUT2D eigenvalue weighted by atomic mass is 16.5. The van der Waals surface area contributed by atoms with Gasteiger partial charge >= 0.3 is 5.97 Å². The van der Waals surface area contributed by atoms with Crippen LogP contribution in [0.15, 0.2) is 74.5 Å². The van der Waals surface area contributed by atoms with Crippen LogP contribution in [0.4, 0.5) is 0 Å². The molecular weight excluding hydrogens is 376 g/mol. The quantitative estimate of drug-likeness (QED) is 0.521.